The molecule has 1 saturated heterocycles. The normalized spacial score (nSPS) is 18.0. The van der Waals surface area contributed by atoms with E-state index in [2.05, 4.69) is 16.8 Å². The van der Waals surface area contributed by atoms with Gasteiger partial charge in [-0.05, 0) is 26.6 Å². The first-order valence-electron chi connectivity index (χ1n) is 6.34. The zero-order valence-corrected chi connectivity index (χ0v) is 11.3. The highest BCUT2D eigenvalue weighted by Crippen LogP contribution is 1.99. The first-order chi connectivity index (χ1) is 7.33. The Morgan fingerprint density at radius 2 is 1.53 bits per heavy atom. The second-order valence-electron chi connectivity index (χ2n) is 3.22. The summed E-state index contributed by atoms with van der Waals surface area (Å²) in [6.07, 6.45) is 1.23. The molecule has 15 heavy (non-hydrogen) atoms. The molecule has 1 aliphatic heterocycles. The van der Waals surface area contributed by atoms with Gasteiger partial charge in [-0.3, -0.25) is 4.90 Å². The number of β-amino-alcohol motifs (C(OH)–C–C–N with tert-alkyl or cyclic N) is 1. The molecular formula is C12H30N2O. The second-order valence-corrected chi connectivity index (χ2v) is 3.22. The van der Waals surface area contributed by atoms with Crippen molar-refractivity contribution in [1.29, 1.82) is 0 Å². The fourth-order valence-corrected chi connectivity index (χ4v) is 1.47. The van der Waals surface area contributed by atoms with Crippen molar-refractivity contribution < 1.29 is 5.11 Å². The third-order valence-electron chi connectivity index (χ3n) is 2.23. The Hall–Kier alpha value is -0.120. The van der Waals surface area contributed by atoms with Crippen molar-refractivity contribution in [3.05, 3.63) is 0 Å². The van der Waals surface area contributed by atoms with Gasteiger partial charge in [-0.2, -0.15) is 0 Å². The summed E-state index contributed by atoms with van der Waals surface area (Å²) in [5.74, 6) is 0. The minimum absolute atomic E-state index is 0.295. The van der Waals surface area contributed by atoms with Crippen molar-refractivity contribution in [1.82, 2.24) is 9.80 Å². The predicted octanol–water partition coefficient (Wildman–Crippen LogP) is 1.67. The molecule has 3 nitrogen and oxygen atoms in total. The monoisotopic (exact) mass is 218 g/mol. The summed E-state index contributed by atoms with van der Waals surface area (Å²) in [6, 6.07) is 0. The average molecular weight is 218 g/mol. The maximum atomic E-state index is 8.72. The van der Waals surface area contributed by atoms with E-state index in [1.807, 2.05) is 27.7 Å². The van der Waals surface area contributed by atoms with Crippen molar-refractivity contribution >= 4 is 0 Å². The van der Waals surface area contributed by atoms with Crippen LogP contribution in [0.1, 0.15) is 34.1 Å². The van der Waals surface area contributed by atoms with Gasteiger partial charge in [0.1, 0.15) is 0 Å². The molecule has 0 radical (unpaired) electrons. The number of hydrogen-bond donors (Lipinski definition) is 1. The maximum Gasteiger partial charge on any atom is 0.0558 e. The lowest BCUT2D eigenvalue weighted by molar-refractivity contribution is 0.200. The Morgan fingerprint density at radius 3 is 2.07 bits per heavy atom. The van der Waals surface area contributed by atoms with Crippen molar-refractivity contribution in [2.45, 2.75) is 34.1 Å². The first kappa shape index (κ1) is 17.3. The molecule has 0 bridgehead atoms. The molecule has 0 atom stereocenters. The van der Waals surface area contributed by atoms with E-state index in [9.17, 15) is 0 Å². The van der Waals surface area contributed by atoms with Gasteiger partial charge in [0.05, 0.1) is 6.61 Å². The lowest BCUT2D eigenvalue weighted by Crippen LogP contribution is -2.31. The lowest BCUT2D eigenvalue weighted by Gasteiger charge is -2.18. The molecule has 3 heteroatoms. The van der Waals surface area contributed by atoms with Crippen LogP contribution in [-0.2, 0) is 0 Å². The number of aliphatic hydroxyl groups excluding tert-OH is 1. The number of hydrogen-bond acceptors (Lipinski definition) is 3. The van der Waals surface area contributed by atoms with Crippen LogP contribution in [0, 0.1) is 0 Å². The molecule has 1 heterocycles. The Bertz CT molecular complexity index is 110. The SMILES string of the molecule is CC.CC.CN1CCCN(CCO)CC1. The summed E-state index contributed by atoms with van der Waals surface area (Å²) in [6.45, 7) is 13.7. The van der Waals surface area contributed by atoms with Crippen molar-refractivity contribution in [2.75, 3.05) is 46.4 Å². The predicted molar refractivity (Wildman–Crippen MR) is 68.3 cm³/mol. The van der Waals surface area contributed by atoms with Crippen LogP contribution in [0.15, 0.2) is 0 Å². The van der Waals surface area contributed by atoms with Crippen molar-refractivity contribution in [3.8, 4) is 0 Å². The molecule has 0 amide bonds. The fraction of sp³-hybridized carbons (Fsp3) is 1.00. The lowest BCUT2D eigenvalue weighted by atomic mass is 10.4. The van der Waals surface area contributed by atoms with E-state index in [0.717, 1.165) is 26.2 Å². The quantitative estimate of drug-likeness (QED) is 0.764. The molecule has 0 aromatic heterocycles. The molecule has 1 aliphatic rings. The van der Waals surface area contributed by atoms with Gasteiger partial charge < -0.3 is 10.0 Å². The highest BCUT2D eigenvalue weighted by atomic mass is 16.3. The van der Waals surface area contributed by atoms with Crippen LogP contribution in [0.25, 0.3) is 0 Å². The highest BCUT2D eigenvalue weighted by Gasteiger charge is 2.10. The van der Waals surface area contributed by atoms with Gasteiger partial charge in [-0.15, -0.1) is 0 Å². The first-order valence-corrected chi connectivity index (χ1v) is 6.34. The van der Waals surface area contributed by atoms with E-state index < -0.39 is 0 Å². The van der Waals surface area contributed by atoms with E-state index in [-0.39, 0.29) is 0 Å². The molecular weight excluding hydrogens is 188 g/mol. The molecule has 1 rings (SSSR count). The summed E-state index contributed by atoms with van der Waals surface area (Å²) in [5.41, 5.74) is 0. The minimum Gasteiger partial charge on any atom is -0.395 e. The smallest absolute Gasteiger partial charge is 0.0558 e. The Labute approximate surface area is 96.1 Å². The van der Waals surface area contributed by atoms with E-state index in [4.69, 9.17) is 5.11 Å². The fourth-order valence-electron chi connectivity index (χ4n) is 1.47. The minimum atomic E-state index is 0.295. The molecule has 0 saturated carbocycles. The van der Waals surface area contributed by atoms with Crippen LogP contribution in [0.2, 0.25) is 0 Å². The van der Waals surface area contributed by atoms with Gasteiger partial charge in [0.25, 0.3) is 0 Å². The van der Waals surface area contributed by atoms with Gasteiger partial charge in [-0.1, -0.05) is 27.7 Å². The van der Waals surface area contributed by atoms with Gasteiger partial charge in [0.15, 0.2) is 0 Å². The summed E-state index contributed by atoms with van der Waals surface area (Å²) in [4.78, 5) is 4.67. The summed E-state index contributed by atoms with van der Waals surface area (Å²) in [7, 11) is 2.16. The van der Waals surface area contributed by atoms with Crippen LogP contribution in [-0.4, -0.2) is 61.3 Å². The zero-order chi connectivity index (χ0) is 12.1. The van der Waals surface area contributed by atoms with Crippen molar-refractivity contribution in [3.63, 3.8) is 0 Å². The second kappa shape index (κ2) is 13.9. The Morgan fingerprint density at radius 1 is 0.933 bits per heavy atom. The molecule has 0 aliphatic carbocycles. The maximum absolute atomic E-state index is 8.72. The average Bonchev–Trinajstić information content (AvgIpc) is 2.50. The Balaban J connectivity index is 0. The molecule has 0 aromatic rings. The topological polar surface area (TPSA) is 26.7 Å². The van der Waals surface area contributed by atoms with Gasteiger partial charge in [0.2, 0.25) is 0 Å². The summed E-state index contributed by atoms with van der Waals surface area (Å²) >= 11 is 0. The van der Waals surface area contributed by atoms with Crippen molar-refractivity contribution in [2.24, 2.45) is 0 Å². The number of rotatable bonds is 2. The third-order valence-corrected chi connectivity index (χ3v) is 2.23. The molecule has 94 valence electrons. The van der Waals surface area contributed by atoms with Crippen LogP contribution in [0.4, 0.5) is 0 Å². The van der Waals surface area contributed by atoms with E-state index >= 15 is 0 Å². The Kier molecular flexibility index (Phi) is 16.0. The van der Waals surface area contributed by atoms with E-state index in [1.165, 1.54) is 13.0 Å². The van der Waals surface area contributed by atoms with Crippen LogP contribution in [0.3, 0.4) is 0 Å². The van der Waals surface area contributed by atoms with Gasteiger partial charge in [0, 0.05) is 19.6 Å². The van der Waals surface area contributed by atoms with Gasteiger partial charge >= 0.3 is 0 Å². The highest BCUT2D eigenvalue weighted by molar-refractivity contribution is 4.66. The van der Waals surface area contributed by atoms with E-state index in [0.29, 0.717) is 6.61 Å². The molecule has 1 fully saturated rings. The van der Waals surface area contributed by atoms with Crippen LogP contribution < -0.4 is 0 Å². The number of nitrogens with zero attached hydrogens (tertiary/aromatic N) is 2. The standard InChI is InChI=1S/C8H18N2O.2C2H6/c1-9-3-2-4-10(6-5-9)7-8-11;2*1-2/h11H,2-8H2,1H3;2*1-2H3. The molecule has 1 N–H and O–H groups in total. The summed E-state index contributed by atoms with van der Waals surface area (Å²) in [5, 5.41) is 8.72. The molecule has 0 spiro atoms. The zero-order valence-electron chi connectivity index (χ0n) is 11.3. The van der Waals surface area contributed by atoms with Gasteiger partial charge in [-0.25, -0.2) is 0 Å². The molecule has 0 aromatic carbocycles. The van der Waals surface area contributed by atoms with E-state index in [1.54, 1.807) is 0 Å². The third kappa shape index (κ3) is 10.2. The largest absolute Gasteiger partial charge is 0.395 e. The molecule has 0 unspecified atom stereocenters. The van der Waals surface area contributed by atoms with Crippen LogP contribution in [0.5, 0.6) is 0 Å². The van der Waals surface area contributed by atoms with Crippen LogP contribution >= 0.6 is 0 Å². The summed E-state index contributed by atoms with van der Waals surface area (Å²) < 4.78 is 0. The number of likely N-dealkylation sites (N-methyl/N-ethyl adjacent to an activating group) is 1. The number of aliphatic hydroxyl groups is 1.